The SMILES string of the molecule is C=C1CCCC(N2Cc3c(csc3CNC(=O)Cc3ccc(C)c(Cl)c3)C2=O)C(=O)C1. The second kappa shape index (κ2) is 8.97. The van der Waals surface area contributed by atoms with Crippen LogP contribution in [0.15, 0.2) is 35.7 Å². The molecule has 5 nitrogen and oxygen atoms in total. The van der Waals surface area contributed by atoms with E-state index in [0.717, 1.165) is 40.0 Å². The van der Waals surface area contributed by atoms with Crippen molar-refractivity contribution in [2.24, 2.45) is 0 Å². The smallest absolute Gasteiger partial charge is 0.255 e. The van der Waals surface area contributed by atoms with E-state index in [4.69, 9.17) is 11.6 Å². The van der Waals surface area contributed by atoms with Crippen LogP contribution in [-0.2, 0) is 29.1 Å². The molecule has 4 rings (SSSR count). The zero-order valence-corrected chi connectivity index (χ0v) is 19.1. The Bertz CT molecular complexity index is 1070. The lowest BCUT2D eigenvalue weighted by Gasteiger charge is -2.25. The standard InChI is InChI=1S/C24H25ClN2O3S/c1-14-4-3-5-20(21(28)8-14)27-12-17-18(24(27)30)13-31-22(17)11-26-23(29)10-16-7-6-15(2)19(25)9-16/h6-7,9,13,20H,1,3-5,8,10-12H2,2H3,(H,26,29). The van der Waals surface area contributed by atoms with Crippen molar-refractivity contribution in [2.45, 2.75) is 58.2 Å². The van der Waals surface area contributed by atoms with Gasteiger partial charge in [0.25, 0.3) is 5.91 Å². The Kier molecular flexibility index (Phi) is 6.30. The van der Waals surface area contributed by atoms with Crippen LogP contribution < -0.4 is 5.32 Å². The molecule has 1 N–H and O–H groups in total. The summed E-state index contributed by atoms with van der Waals surface area (Å²) in [4.78, 5) is 40.7. The summed E-state index contributed by atoms with van der Waals surface area (Å²) >= 11 is 7.62. The summed E-state index contributed by atoms with van der Waals surface area (Å²) in [6.07, 6.45) is 3.00. The highest BCUT2D eigenvalue weighted by Crippen LogP contribution is 2.35. The number of allylic oxidation sites excluding steroid dienone is 1. The second-order valence-electron chi connectivity index (χ2n) is 8.32. The van der Waals surface area contributed by atoms with Gasteiger partial charge in [-0.05, 0) is 48.9 Å². The first-order valence-corrected chi connectivity index (χ1v) is 11.7. The van der Waals surface area contributed by atoms with Crippen LogP contribution in [0.3, 0.4) is 0 Å². The molecular formula is C24H25ClN2O3S. The molecule has 1 unspecified atom stereocenters. The van der Waals surface area contributed by atoms with Crippen LogP contribution in [0.1, 0.15) is 57.6 Å². The summed E-state index contributed by atoms with van der Waals surface area (Å²) < 4.78 is 0. The van der Waals surface area contributed by atoms with Crippen molar-refractivity contribution >= 4 is 40.5 Å². The Morgan fingerprint density at radius 3 is 2.94 bits per heavy atom. The molecule has 2 amide bonds. The number of amides is 2. The molecule has 2 heterocycles. The quantitative estimate of drug-likeness (QED) is 0.528. The summed E-state index contributed by atoms with van der Waals surface area (Å²) in [6, 6.07) is 5.24. The van der Waals surface area contributed by atoms with Gasteiger partial charge in [-0.25, -0.2) is 0 Å². The first-order chi connectivity index (χ1) is 14.8. The normalized spacial score (nSPS) is 18.8. The fourth-order valence-electron chi connectivity index (χ4n) is 4.23. The van der Waals surface area contributed by atoms with Crippen LogP contribution in [0.5, 0.6) is 0 Å². The number of fused-ring (bicyclic) bond motifs is 1. The van der Waals surface area contributed by atoms with E-state index in [9.17, 15) is 14.4 Å². The highest BCUT2D eigenvalue weighted by molar-refractivity contribution is 7.10. The third-order valence-corrected chi connectivity index (χ3v) is 7.46. The molecule has 0 radical (unpaired) electrons. The molecule has 1 aromatic heterocycles. The predicted molar refractivity (Wildman–Crippen MR) is 122 cm³/mol. The number of benzene rings is 1. The zero-order valence-electron chi connectivity index (χ0n) is 17.5. The summed E-state index contributed by atoms with van der Waals surface area (Å²) in [7, 11) is 0. The molecule has 0 bridgehead atoms. The molecule has 1 aromatic carbocycles. The Morgan fingerprint density at radius 2 is 2.16 bits per heavy atom. The molecule has 1 fully saturated rings. The third-order valence-electron chi connectivity index (χ3n) is 6.03. The Balaban J connectivity index is 1.40. The van der Waals surface area contributed by atoms with E-state index in [1.54, 1.807) is 4.90 Å². The summed E-state index contributed by atoms with van der Waals surface area (Å²) in [5, 5.41) is 5.45. The van der Waals surface area contributed by atoms with E-state index in [1.807, 2.05) is 30.5 Å². The maximum absolute atomic E-state index is 12.9. The lowest BCUT2D eigenvalue weighted by molar-refractivity contribution is -0.123. The number of aryl methyl sites for hydroxylation is 1. The first kappa shape index (κ1) is 21.8. The largest absolute Gasteiger partial charge is 0.351 e. The molecule has 2 aliphatic rings. The van der Waals surface area contributed by atoms with Gasteiger partial charge in [0.05, 0.1) is 24.6 Å². The number of thiophene rings is 1. The van der Waals surface area contributed by atoms with Gasteiger partial charge >= 0.3 is 0 Å². The average molecular weight is 457 g/mol. The molecule has 7 heteroatoms. The average Bonchev–Trinajstić information content (AvgIpc) is 3.21. The van der Waals surface area contributed by atoms with E-state index < -0.39 is 0 Å². The number of carbonyl (C=O) groups excluding carboxylic acids is 3. The minimum Gasteiger partial charge on any atom is -0.351 e. The first-order valence-electron chi connectivity index (χ1n) is 10.4. The van der Waals surface area contributed by atoms with Gasteiger partial charge in [0.2, 0.25) is 5.91 Å². The van der Waals surface area contributed by atoms with E-state index >= 15 is 0 Å². The Morgan fingerprint density at radius 1 is 1.35 bits per heavy atom. The van der Waals surface area contributed by atoms with Gasteiger partial charge < -0.3 is 10.2 Å². The number of hydrogen-bond acceptors (Lipinski definition) is 4. The van der Waals surface area contributed by atoms with Crippen LogP contribution >= 0.6 is 22.9 Å². The third kappa shape index (κ3) is 4.60. The number of halogens is 1. The molecule has 1 atom stereocenters. The minimum atomic E-state index is -0.377. The van der Waals surface area contributed by atoms with Gasteiger partial charge in [0.15, 0.2) is 5.78 Å². The number of carbonyl (C=O) groups is 3. The fourth-order valence-corrected chi connectivity index (χ4v) is 5.41. The Labute approximate surface area is 191 Å². The van der Waals surface area contributed by atoms with Gasteiger partial charge in [-0.15, -0.1) is 11.3 Å². The molecular weight excluding hydrogens is 432 g/mol. The van der Waals surface area contributed by atoms with Crippen molar-refractivity contribution < 1.29 is 14.4 Å². The van der Waals surface area contributed by atoms with Crippen molar-refractivity contribution in [3.63, 3.8) is 0 Å². The number of hydrogen-bond donors (Lipinski definition) is 1. The van der Waals surface area contributed by atoms with Crippen molar-refractivity contribution in [1.82, 2.24) is 10.2 Å². The number of rotatable bonds is 5. The van der Waals surface area contributed by atoms with Crippen molar-refractivity contribution in [3.05, 3.63) is 67.9 Å². The van der Waals surface area contributed by atoms with E-state index in [2.05, 4.69) is 11.9 Å². The minimum absolute atomic E-state index is 0.0796. The van der Waals surface area contributed by atoms with Crippen molar-refractivity contribution in [1.29, 1.82) is 0 Å². The number of Topliss-reactive ketones (excluding diaryl/α,β-unsaturated/α-hetero) is 1. The molecule has 31 heavy (non-hydrogen) atoms. The van der Waals surface area contributed by atoms with Crippen LogP contribution in [0, 0.1) is 6.92 Å². The second-order valence-corrected chi connectivity index (χ2v) is 9.69. The monoisotopic (exact) mass is 456 g/mol. The van der Waals surface area contributed by atoms with Gasteiger partial charge in [-0.1, -0.05) is 35.9 Å². The maximum atomic E-state index is 12.9. The van der Waals surface area contributed by atoms with Crippen LogP contribution in [0.25, 0.3) is 0 Å². The maximum Gasteiger partial charge on any atom is 0.255 e. The molecule has 162 valence electrons. The zero-order chi connectivity index (χ0) is 22.1. The molecule has 1 aliphatic carbocycles. The summed E-state index contributed by atoms with van der Waals surface area (Å²) in [5.41, 5.74) is 4.39. The highest BCUT2D eigenvalue weighted by atomic mass is 35.5. The lowest BCUT2D eigenvalue weighted by atomic mass is 10.1. The van der Waals surface area contributed by atoms with E-state index in [0.29, 0.717) is 36.5 Å². The topological polar surface area (TPSA) is 66.5 Å². The molecule has 0 saturated heterocycles. The van der Waals surface area contributed by atoms with Gasteiger partial charge in [0, 0.05) is 28.2 Å². The van der Waals surface area contributed by atoms with E-state index in [1.165, 1.54) is 11.3 Å². The van der Waals surface area contributed by atoms with Gasteiger partial charge in [-0.3, -0.25) is 14.4 Å². The van der Waals surface area contributed by atoms with Crippen LogP contribution in [-0.4, -0.2) is 28.5 Å². The molecule has 0 spiro atoms. The van der Waals surface area contributed by atoms with Gasteiger partial charge in [0.1, 0.15) is 0 Å². The predicted octanol–water partition coefficient (Wildman–Crippen LogP) is 4.59. The summed E-state index contributed by atoms with van der Waals surface area (Å²) in [6.45, 7) is 6.68. The molecule has 1 saturated carbocycles. The number of ketones is 1. The van der Waals surface area contributed by atoms with Crippen molar-refractivity contribution in [2.75, 3.05) is 0 Å². The Hall–Kier alpha value is -2.44. The van der Waals surface area contributed by atoms with Crippen LogP contribution in [0.2, 0.25) is 5.02 Å². The fraction of sp³-hybridized carbons (Fsp3) is 0.375. The van der Waals surface area contributed by atoms with E-state index in [-0.39, 0.29) is 30.1 Å². The number of nitrogens with one attached hydrogen (secondary N) is 1. The number of nitrogens with zero attached hydrogens (tertiary/aromatic N) is 1. The van der Waals surface area contributed by atoms with Crippen LogP contribution in [0.4, 0.5) is 0 Å². The highest BCUT2D eigenvalue weighted by Gasteiger charge is 2.38. The molecule has 1 aliphatic heterocycles. The lowest BCUT2D eigenvalue weighted by Crippen LogP contribution is -2.40. The van der Waals surface area contributed by atoms with Gasteiger partial charge in [-0.2, -0.15) is 0 Å². The molecule has 2 aromatic rings. The van der Waals surface area contributed by atoms with Crippen molar-refractivity contribution in [3.8, 4) is 0 Å². The summed E-state index contributed by atoms with van der Waals surface area (Å²) in [5.74, 6) is -0.0963.